The van der Waals surface area contributed by atoms with Gasteiger partial charge in [0.1, 0.15) is 0 Å². The van der Waals surface area contributed by atoms with E-state index < -0.39 is 12.1 Å². The van der Waals surface area contributed by atoms with E-state index >= 15 is 0 Å². The quantitative estimate of drug-likeness (QED) is 0.755. The fraction of sp³-hybridized carbons (Fsp3) is 0.917. The van der Waals surface area contributed by atoms with Gasteiger partial charge in [0.25, 0.3) is 0 Å². The first-order chi connectivity index (χ1) is 8.08. The van der Waals surface area contributed by atoms with Crippen LogP contribution in [0, 0.1) is 0 Å². The summed E-state index contributed by atoms with van der Waals surface area (Å²) in [6.45, 7) is 8.23. The van der Waals surface area contributed by atoms with E-state index in [1.54, 1.807) is 0 Å². The monoisotopic (exact) mass is 245 g/mol. The lowest BCUT2D eigenvalue weighted by atomic mass is 10.1. The Kier molecular flexibility index (Phi) is 5.88. The van der Waals surface area contributed by atoms with E-state index in [0.29, 0.717) is 25.8 Å². The van der Waals surface area contributed by atoms with Gasteiger partial charge in [0.2, 0.25) is 0 Å². The fourth-order valence-electron chi connectivity index (χ4n) is 2.13. The third-order valence-corrected chi connectivity index (χ3v) is 3.10. The molecule has 3 unspecified atom stereocenters. The molecule has 1 heterocycles. The zero-order chi connectivity index (χ0) is 12.8. The Balaban J connectivity index is 2.58. The summed E-state index contributed by atoms with van der Waals surface area (Å²) >= 11 is 0. The molecule has 0 aromatic rings. The minimum absolute atomic E-state index is 0.161. The number of hydrogen-bond acceptors (Lipinski definition) is 4. The molecule has 0 amide bonds. The molecule has 1 aliphatic rings. The van der Waals surface area contributed by atoms with Crippen molar-refractivity contribution in [3.63, 3.8) is 0 Å². The van der Waals surface area contributed by atoms with Crippen LogP contribution in [0.2, 0.25) is 0 Å². The molecule has 1 aliphatic heterocycles. The number of carboxylic acids is 1. The highest BCUT2D eigenvalue weighted by Gasteiger charge is 2.30. The number of carboxylic acid groups (broad SMARTS) is 1. The Labute approximate surface area is 103 Å². The number of morpholine rings is 1. The van der Waals surface area contributed by atoms with Crippen molar-refractivity contribution in [3.8, 4) is 0 Å². The van der Waals surface area contributed by atoms with E-state index in [1.165, 1.54) is 0 Å². The maximum Gasteiger partial charge on any atom is 0.334 e. The van der Waals surface area contributed by atoms with Crippen LogP contribution in [-0.2, 0) is 14.3 Å². The average molecular weight is 245 g/mol. The van der Waals surface area contributed by atoms with E-state index in [9.17, 15) is 4.79 Å². The number of nitrogens with zero attached hydrogens (tertiary/aromatic N) is 1. The van der Waals surface area contributed by atoms with Gasteiger partial charge >= 0.3 is 5.97 Å². The van der Waals surface area contributed by atoms with Crippen LogP contribution in [-0.4, -0.2) is 60.5 Å². The van der Waals surface area contributed by atoms with Gasteiger partial charge in [-0.05, 0) is 20.3 Å². The predicted molar refractivity (Wildman–Crippen MR) is 64.1 cm³/mol. The van der Waals surface area contributed by atoms with Crippen molar-refractivity contribution >= 4 is 5.97 Å². The molecule has 0 aromatic carbocycles. The summed E-state index contributed by atoms with van der Waals surface area (Å²) < 4.78 is 10.8. The number of hydrogen-bond donors (Lipinski definition) is 1. The van der Waals surface area contributed by atoms with Crippen molar-refractivity contribution in [1.82, 2.24) is 4.90 Å². The normalized spacial score (nSPS) is 27.9. The molecule has 0 aliphatic carbocycles. The van der Waals surface area contributed by atoms with Crippen LogP contribution in [0.25, 0.3) is 0 Å². The Morgan fingerprint density at radius 2 is 2.29 bits per heavy atom. The van der Waals surface area contributed by atoms with Gasteiger partial charge in [-0.3, -0.25) is 4.90 Å². The zero-order valence-corrected chi connectivity index (χ0v) is 10.9. The van der Waals surface area contributed by atoms with Crippen LogP contribution < -0.4 is 0 Å². The molecule has 1 fully saturated rings. The van der Waals surface area contributed by atoms with E-state index in [2.05, 4.69) is 11.8 Å². The highest BCUT2D eigenvalue weighted by molar-refractivity contribution is 5.72. The Morgan fingerprint density at radius 1 is 1.59 bits per heavy atom. The van der Waals surface area contributed by atoms with Gasteiger partial charge < -0.3 is 14.6 Å². The van der Waals surface area contributed by atoms with Crippen molar-refractivity contribution in [1.29, 1.82) is 0 Å². The summed E-state index contributed by atoms with van der Waals surface area (Å²) in [6.07, 6.45) is 0.388. The maximum absolute atomic E-state index is 11.1. The molecule has 100 valence electrons. The van der Waals surface area contributed by atoms with Crippen LogP contribution in [0.15, 0.2) is 0 Å². The molecule has 0 saturated carbocycles. The van der Waals surface area contributed by atoms with Crippen LogP contribution >= 0.6 is 0 Å². The van der Waals surface area contributed by atoms with Gasteiger partial charge in [0, 0.05) is 25.7 Å². The third kappa shape index (κ3) is 4.26. The van der Waals surface area contributed by atoms with Crippen LogP contribution in [0.4, 0.5) is 0 Å². The van der Waals surface area contributed by atoms with E-state index in [0.717, 1.165) is 13.0 Å². The molecular formula is C12H23NO4. The predicted octanol–water partition coefficient (Wildman–Crippen LogP) is 0.975. The first-order valence-electron chi connectivity index (χ1n) is 6.28. The summed E-state index contributed by atoms with van der Waals surface area (Å²) in [5.41, 5.74) is 0. The van der Waals surface area contributed by atoms with E-state index in [4.69, 9.17) is 14.6 Å². The molecule has 3 atom stereocenters. The van der Waals surface area contributed by atoms with Crippen molar-refractivity contribution in [3.05, 3.63) is 0 Å². The SMILES string of the molecule is CCOC(CN1CC(C)OCC1CC)C(=O)O. The molecule has 1 N–H and O–H groups in total. The van der Waals surface area contributed by atoms with Gasteiger partial charge in [-0.2, -0.15) is 0 Å². The molecule has 17 heavy (non-hydrogen) atoms. The highest BCUT2D eigenvalue weighted by atomic mass is 16.5. The summed E-state index contributed by atoms with van der Waals surface area (Å²) in [4.78, 5) is 13.2. The smallest absolute Gasteiger partial charge is 0.334 e. The lowest BCUT2D eigenvalue weighted by Gasteiger charge is -2.39. The zero-order valence-electron chi connectivity index (χ0n) is 10.9. The van der Waals surface area contributed by atoms with E-state index in [1.807, 2.05) is 13.8 Å². The lowest BCUT2D eigenvalue weighted by molar-refractivity contribution is -0.154. The molecule has 1 saturated heterocycles. The molecule has 0 aromatic heterocycles. The highest BCUT2D eigenvalue weighted by Crippen LogP contribution is 2.15. The number of ether oxygens (including phenoxy) is 2. The Hall–Kier alpha value is -0.650. The second-order valence-corrected chi connectivity index (χ2v) is 4.44. The lowest BCUT2D eigenvalue weighted by Crippen LogP contribution is -2.52. The number of aliphatic carboxylic acids is 1. The third-order valence-electron chi connectivity index (χ3n) is 3.10. The van der Waals surface area contributed by atoms with Gasteiger partial charge in [-0.15, -0.1) is 0 Å². The van der Waals surface area contributed by atoms with Gasteiger partial charge in [0.15, 0.2) is 6.10 Å². The minimum atomic E-state index is -0.888. The first-order valence-corrected chi connectivity index (χ1v) is 6.28. The molecule has 0 spiro atoms. The summed E-state index contributed by atoms with van der Waals surface area (Å²) in [5.74, 6) is -0.888. The molecule has 5 heteroatoms. The Morgan fingerprint density at radius 3 is 2.82 bits per heavy atom. The number of rotatable bonds is 6. The molecule has 0 bridgehead atoms. The van der Waals surface area contributed by atoms with Crippen LogP contribution in [0.5, 0.6) is 0 Å². The standard InChI is InChI=1S/C12H23NO4/c1-4-10-8-17-9(3)6-13(10)7-11(12(14)15)16-5-2/h9-11H,4-8H2,1-3H3,(H,14,15). The average Bonchev–Trinajstić information content (AvgIpc) is 2.28. The minimum Gasteiger partial charge on any atom is -0.479 e. The van der Waals surface area contributed by atoms with Gasteiger partial charge in [0.05, 0.1) is 12.7 Å². The summed E-state index contributed by atoms with van der Waals surface area (Å²) in [6, 6.07) is 0.300. The second-order valence-electron chi connectivity index (χ2n) is 4.44. The van der Waals surface area contributed by atoms with Crippen LogP contribution in [0.3, 0.4) is 0 Å². The Bertz CT molecular complexity index is 247. The van der Waals surface area contributed by atoms with Crippen molar-refractivity contribution < 1.29 is 19.4 Å². The van der Waals surface area contributed by atoms with Crippen molar-refractivity contribution in [2.24, 2.45) is 0 Å². The fourth-order valence-corrected chi connectivity index (χ4v) is 2.13. The largest absolute Gasteiger partial charge is 0.479 e. The molecule has 5 nitrogen and oxygen atoms in total. The van der Waals surface area contributed by atoms with Crippen LogP contribution in [0.1, 0.15) is 27.2 Å². The molecule has 0 radical (unpaired) electrons. The molecular weight excluding hydrogens is 222 g/mol. The van der Waals surface area contributed by atoms with E-state index in [-0.39, 0.29) is 6.10 Å². The number of carbonyl (C=O) groups is 1. The summed E-state index contributed by atoms with van der Waals surface area (Å²) in [7, 11) is 0. The first kappa shape index (κ1) is 14.4. The second kappa shape index (κ2) is 6.93. The van der Waals surface area contributed by atoms with Gasteiger partial charge in [-0.1, -0.05) is 6.92 Å². The van der Waals surface area contributed by atoms with Crippen molar-refractivity contribution in [2.45, 2.75) is 45.4 Å². The van der Waals surface area contributed by atoms with Gasteiger partial charge in [-0.25, -0.2) is 4.79 Å². The molecule has 1 rings (SSSR count). The topological polar surface area (TPSA) is 59.0 Å². The summed E-state index contributed by atoms with van der Waals surface area (Å²) in [5, 5.41) is 9.08. The van der Waals surface area contributed by atoms with Crippen molar-refractivity contribution in [2.75, 3.05) is 26.3 Å². The maximum atomic E-state index is 11.1.